The van der Waals surface area contributed by atoms with Crippen LogP contribution in [0.2, 0.25) is 10.2 Å². The van der Waals surface area contributed by atoms with Crippen LogP contribution in [-0.4, -0.2) is 14.8 Å². The summed E-state index contributed by atoms with van der Waals surface area (Å²) in [5, 5.41) is 9.94. The second-order valence-electron chi connectivity index (χ2n) is 4.83. The van der Waals surface area contributed by atoms with Crippen molar-refractivity contribution in [3.05, 3.63) is 51.9 Å². The summed E-state index contributed by atoms with van der Waals surface area (Å²) in [7, 11) is 1.83. The van der Waals surface area contributed by atoms with Crippen molar-refractivity contribution < 1.29 is 0 Å². The van der Waals surface area contributed by atoms with Gasteiger partial charge in [-0.15, -0.1) is 0 Å². The summed E-state index contributed by atoms with van der Waals surface area (Å²) in [4.78, 5) is 4.40. The van der Waals surface area contributed by atoms with E-state index in [4.69, 9.17) is 23.2 Å². The molecule has 0 unspecified atom stereocenters. The Hall–Kier alpha value is -1.78. The second kappa shape index (κ2) is 5.54. The Morgan fingerprint density at radius 3 is 2.76 bits per heavy atom. The van der Waals surface area contributed by atoms with Gasteiger partial charge in [0.2, 0.25) is 0 Å². The van der Waals surface area contributed by atoms with Crippen molar-refractivity contribution in [3.8, 4) is 0 Å². The summed E-state index contributed by atoms with van der Waals surface area (Å²) in [5.74, 6) is 0. The molecule has 1 N–H and O–H groups in total. The van der Waals surface area contributed by atoms with E-state index in [9.17, 15) is 0 Å². The average Bonchev–Trinajstić information content (AvgIpc) is 2.72. The second-order valence-corrected chi connectivity index (χ2v) is 5.59. The minimum absolute atomic E-state index is 0.589. The number of halogens is 2. The molecular formula is C15H14Cl2N4. The zero-order valence-corrected chi connectivity index (χ0v) is 13.2. The first-order chi connectivity index (χ1) is 10.1. The lowest BCUT2D eigenvalue weighted by atomic mass is 10.2. The van der Waals surface area contributed by atoms with Crippen LogP contribution in [0.5, 0.6) is 0 Å². The van der Waals surface area contributed by atoms with Gasteiger partial charge in [0.15, 0.2) is 0 Å². The fraction of sp³-hybridized carbons (Fsp3) is 0.200. The highest BCUT2D eigenvalue weighted by molar-refractivity contribution is 6.35. The molecule has 0 amide bonds. The van der Waals surface area contributed by atoms with Gasteiger partial charge >= 0.3 is 0 Å². The fourth-order valence-electron chi connectivity index (χ4n) is 2.34. The van der Waals surface area contributed by atoms with E-state index in [1.54, 1.807) is 10.9 Å². The number of anilines is 1. The van der Waals surface area contributed by atoms with Crippen LogP contribution in [0.15, 0.2) is 30.5 Å². The molecule has 0 fully saturated rings. The Kier molecular flexibility index (Phi) is 3.74. The summed E-state index contributed by atoms with van der Waals surface area (Å²) in [6.45, 7) is 2.53. The smallest absolute Gasteiger partial charge is 0.131 e. The Morgan fingerprint density at radius 2 is 2.05 bits per heavy atom. The highest BCUT2D eigenvalue weighted by atomic mass is 35.5. The van der Waals surface area contributed by atoms with Crippen molar-refractivity contribution in [1.82, 2.24) is 14.8 Å². The molecule has 1 aromatic carbocycles. The maximum Gasteiger partial charge on any atom is 0.131 e. The van der Waals surface area contributed by atoms with Gasteiger partial charge in [-0.05, 0) is 31.2 Å². The lowest BCUT2D eigenvalue weighted by molar-refractivity contribution is 0.757. The molecule has 0 aliphatic rings. The highest BCUT2D eigenvalue weighted by Crippen LogP contribution is 2.29. The predicted octanol–water partition coefficient (Wildman–Crippen LogP) is 4.20. The van der Waals surface area contributed by atoms with E-state index in [0.717, 1.165) is 27.8 Å². The first kappa shape index (κ1) is 14.2. The number of benzene rings is 1. The quantitative estimate of drug-likeness (QED) is 0.786. The topological polar surface area (TPSA) is 42.7 Å². The van der Waals surface area contributed by atoms with Crippen molar-refractivity contribution in [1.29, 1.82) is 0 Å². The molecule has 0 aliphatic carbocycles. The van der Waals surface area contributed by atoms with Gasteiger partial charge in [0.25, 0.3) is 0 Å². The third kappa shape index (κ3) is 2.57. The lowest BCUT2D eigenvalue weighted by Crippen LogP contribution is -2.02. The van der Waals surface area contributed by atoms with Crippen molar-refractivity contribution >= 4 is 39.8 Å². The van der Waals surface area contributed by atoms with Crippen LogP contribution in [-0.2, 0) is 13.6 Å². The number of nitrogens with zero attached hydrogens (tertiary/aromatic N) is 3. The minimum Gasteiger partial charge on any atom is -0.379 e. The zero-order chi connectivity index (χ0) is 15.0. The minimum atomic E-state index is 0.589. The molecule has 0 saturated carbocycles. The van der Waals surface area contributed by atoms with E-state index in [1.807, 2.05) is 38.2 Å². The van der Waals surface area contributed by atoms with Gasteiger partial charge in [-0.1, -0.05) is 23.2 Å². The molecule has 21 heavy (non-hydrogen) atoms. The van der Waals surface area contributed by atoms with Gasteiger partial charge in [0, 0.05) is 30.7 Å². The van der Waals surface area contributed by atoms with Crippen molar-refractivity contribution in [2.24, 2.45) is 7.05 Å². The third-order valence-corrected chi connectivity index (χ3v) is 4.24. The van der Waals surface area contributed by atoms with E-state index in [1.165, 1.54) is 0 Å². The van der Waals surface area contributed by atoms with Crippen molar-refractivity contribution in [2.45, 2.75) is 13.5 Å². The van der Waals surface area contributed by atoms with E-state index >= 15 is 0 Å². The average molecular weight is 321 g/mol. The summed E-state index contributed by atoms with van der Waals surface area (Å²) in [5.41, 5.74) is 3.68. The molecule has 108 valence electrons. The van der Waals surface area contributed by atoms with Crippen LogP contribution in [0.3, 0.4) is 0 Å². The number of nitrogens with one attached hydrogen (secondary N) is 1. The van der Waals surface area contributed by atoms with Crippen molar-refractivity contribution in [3.63, 3.8) is 0 Å². The van der Waals surface area contributed by atoms with Gasteiger partial charge in [0.1, 0.15) is 5.15 Å². The Labute approximate surface area is 132 Å². The SMILES string of the molecule is Cc1nn(C)c(Cl)c1CNc1ccc(Cl)c2cccnc12. The largest absolute Gasteiger partial charge is 0.379 e. The molecular weight excluding hydrogens is 307 g/mol. The molecule has 2 heterocycles. The molecule has 0 saturated heterocycles. The fourth-order valence-corrected chi connectivity index (χ4v) is 2.80. The zero-order valence-electron chi connectivity index (χ0n) is 11.7. The standard InChI is InChI=1S/C15H14Cl2N4/c1-9-11(15(17)21(2)20-9)8-19-13-6-5-12(16)10-4-3-7-18-14(10)13/h3-7,19H,8H2,1-2H3. The monoisotopic (exact) mass is 320 g/mol. The van der Waals surface area contributed by atoms with E-state index in [2.05, 4.69) is 15.4 Å². The van der Waals surface area contributed by atoms with Crippen LogP contribution in [0.25, 0.3) is 10.9 Å². The van der Waals surface area contributed by atoms with Crippen LogP contribution < -0.4 is 5.32 Å². The Morgan fingerprint density at radius 1 is 1.24 bits per heavy atom. The van der Waals surface area contributed by atoms with Gasteiger partial charge in [-0.2, -0.15) is 5.10 Å². The molecule has 3 aromatic rings. The first-order valence-corrected chi connectivity index (χ1v) is 7.28. The molecule has 0 radical (unpaired) electrons. The first-order valence-electron chi connectivity index (χ1n) is 6.53. The third-order valence-electron chi connectivity index (χ3n) is 3.44. The van der Waals surface area contributed by atoms with Crippen LogP contribution in [0.4, 0.5) is 5.69 Å². The summed E-state index contributed by atoms with van der Waals surface area (Å²) in [6.07, 6.45) is 1.76. The van der Waals surface area contributed by atoms with Crippen molar-refractivity contribution in [2.75, 3.05) is 5.32 Å². The molecule has 2 aromatic heterocycles. The molecule has 0 aliphatic heterocycles. The molecule has 4 nitrogen and oxygen atoms in total. The lowest BCUT2D eigenvalue weighted by Gasteiger charge is -2.10. The molecule has 6 heteroatoms. The summed E-state index contributed by atoms with van der Waals surface area (Å²) >= 11 is 12.4. The van der Waals surface area contributed by atoms with E-state index in [-0.39, 0.29) is 0 Å². The Bertz CT molecular complexity index is 811. The van der Waals surface area contributed by atoms with Crippen LogP contribution in [0.1, 0.15) is 11.3 Å². The van der Waals surface area contributed by atoms with E-state index < -0.39 is 0 Å². The predicted molar refractivity (Wildman–Crippen MR) is 87.0 cm³/mol. The maximum absolute atomic E-state index is 6.25. The summed E-state index contributed by atoms with van der Waals surface area (Å²) in [6, 6.07) is 7.63. The molecule has 0 atom stereocenters. The van der Waals surface area contributed by atoms with Gasteiger partial charge in [-0.25, -0.2) is 0 Å². The van der Waals surface area contributed by atoms with Crippen LogP contribution in [0, 0.1) is 6.92 Å². The number of aromatic nitrogens is 3. The number of rotatable bonds is 3. The molecule has 3 rings (SSSR count). The van der Waals surface area contributed by atoms with Crippen LogP contribution >= 0.6 is 23.2 Å². The number of fused-ring (bicyclic) bond motifs is 1. The van der Waals surface area contributed by atoms with Gasteiger partial charge in [0.05, 0.1) is 21.9 Å². The summed E-state index contributed by atoms with van der Waals surface area (Å²) < 4.78 is 1.67. The Balaban J connectivity index is 1.94. The number of pyridine rings is 1. The molecule has 0 bridgehead atoms. The normalized spacial score (nSPS) is 11.0. The van der Waals surface area contributed by atoms with E-state index in [0.29, 0.717) is 16.7 Å². The number of hydrogen-bond donors (Lipinski definition) is 1. The highest BCUT2D eigenvalue weighted by Gasteiger charge is 2.12. The number of hydrogen-bond acceptors (Lipinski definition) is 3. The maximum atomic E-state index is 6.25. The number of aryl methyl sites for hydroxylation is 2. The molecule has 0 spiro atoms. The van der Waals surface area contributed by atoms with Gasteiger partial charge < -0.3 is 5.32 Å². The van der Waals surface area contributed by atoms with Gasteiger partial charge in [-0.3, -0.25) is 9.67 Å².